The highest BCUT2D eigenvalue weighted by Gasteiger charge is 2.23. The predicted octanol–water partition coefficient (Wildman–Crippen LogP) is 4.83. The van der Waals surface area contributed by atoms with Crippen molar-refractivity contribution in [1.29, 1.82) is 0 Å². The second kappa shape index (κ2) is 7.69. The Bertz CT molecular complexity index is 1060. The maximum absolute atomic E-state index is 13.1. The van der Waals surface area contributed by atoms with Crippen LogP contribution in [0.3, 0.4) is 0 Å². The molecular weight excluding hydrogens is 404 g/mol. The Hall–Kier alpha value is -2.40. The summed E-state index contributed by atoms with van der Waals surface area (Å²) >= 11 is 3.37. The molecule has 1 atom stereocenters. The van der Waals surface area contributed by atoms with Crippen LogP contribution < -0.4 is 5.56 Å². The minimum absolute atomic E-state index is 0.0567. The van der Waals surface area contributed by atoms with E-state index in [1.807, 2.05) is 26.0 Å². The number of halogens is 1. The average molecular weight is 427 g/mol. The lowest BCUT2D eigenvalue weighted by molar-refractivity contribution is 0.0932. The van der Waals surface area contributed by atoms with Crippen LogP contribution in [0.5, 0.6) is 0 Å². The molecule has 1 aromatic carbocycles. The third-order valence-electron chi connectivity index (χ3n) is 4.96. The second-order valence-electron chi connectivity index (χ2n) is 6.99. The van der Waals surface area contributed by atoms with Crippen LogP contribution in [-0.2, 0) is 6.54 Å². The van der Waals surface area contributed by atoms with E-state index in [4.69, 9.17) is 0 Å². The van der Waals surface area contributed by atoms with Crippen molar-refractivity contribution in [3.63, 3.8) is 0 Å². The molecule has 140 valence electrons. The van der Waals surface area contributed by atoms with Crippen molar-refractivity contribution in [3.05, 3.63) is 91.6 Å². The van der Waals surface area contributed by atoms with Crippen LogP contribution in [0, 0.1) is 20.8 Å². The monoisotopic (exact) mass is 426 g/mol. The Kier molecular flexibility index (Phi) is 5.51. The molecule has 27 heavy (non-hydrogen) atoms. The minimum atomic E-state index is -0.567. The van der Waals surface area contributed by atoms with Gasteiger partial charge in [0, 0.05) is 40.2 Å². The third-order valence-corrected chi connectivity index (χ3v) is 5.43. The molecule has 3 rings (SSSR count). The zero-order chi connectivity index (χ0) is 19.7. The van der Waals surface area contributed by atoms with Gasteiger partial charge in [-0.1, -0.05) is 29.8 Å². The molecule has 1 unspecified atom stereocenters. The summed E-state index contributed by atoms with van der Waals surface area (Å²) in [7, 11) is 0. The molecule has 0 amide bonds. The van der Waals surface area contributed by atoms with Crippen LogP contribution in [0.1, 0.15) is 45.8 Å². The molecular formula is C22H23BrN2O2. The maximum atomic E-state index is 13.1. The summed E-state index contributed by atoms with van der Waals surface area (Å²) in [5.74, 6) is -0.0567. The largest absolute Gasteiger partial charge is 0.344 e. The lowest BCUT2D eigenvalue weighted by Gasteiger charge is -2.15. The molecule has 5 heteroatoms. The number of aromatic nitrogens is 2. The molecule has 0 aliphatic heterocycles. The van der Waals surface area contributed by atoms with Crippen LogP contribution >= 0.6 is 15.9 Å². The summed E-state index contributed by atoms with van der Waals surface area (Å²) in [5.41, 5.74) is 4.85. The molecule has 0 bridgehead atoms. The Labute approximate surface area is 167 Å². The van der Waals surface area contributed by atoms with Crippen LogP contribution in [0.15, 0.2) is 57.9 Å². The molecule has 0 aliphatic carbocycles. The normalized spacial score (nSPS) is 12.2. The van der Waals surface area contributed by atoms with Gasteiger partial charge in [0.1, 0.15) is 0 Å². The van der Waals surface area contributed by atoms with E-state index in [1.165, 1.54) is 21.8 Å². The highest BCUT2D eigenvalue weighted by atomic mass is 79.9. The van der Waals surface area contributed by atoms with Crippen molar-refractivity contribution < 1.29 is 4.79 Å². The molecule has 0 saturated carbocycles. The highest BCUT2D eigenvalue weighted by molar-refractivity contribution is 9.10. The summed E-state index contributed by atoms with van der Waals surface area (Å²) in [4.78, 5) is 25.3. The molecule has 0 fully saturated rings. The first-order chi connectivity index (χ1) is 12.8. The van der Waals surface area contributed by atoms with E-state index in [1.54, 1.807) is 19.2 Å². The molecule has 0 saturated heterocycles. The van der Waals surface area contributed by atoms with Crippen LogP contribution in [-0.4, -0.2) is 14.9 Å². The Morgan fingerprint density at radius 2 is 1.85 bits per heavy atom. The third kappa shape index (κ3) is 3.98. The zero-order valence-electron chi connectivity index (χ0n) is 16.0. The second-order valence-corrected chi connectivity index (χ2v) is 7.91. The van der Waals surface area contributed by atoms with Crippen molar-refractivity contribution in [2.75, 3.05) is 0 Å². The van der Waals surface area contributed by atoms with Crippen LogP contribution in [0.25, 0.3) is 0 Å². The quantitative estimate of drug-likeness (QED) is 0.548. The van der Waals surface area contributed by atoms with Gasteiger partial charge in [-0.05, 0) is 61.3 Å². The van der Waals surface area contributed by atoms with Gasteiger partial charge in [-0.25, -0.2) is 0 Å². The fourth-order valence-corrected chi connectivity index (χ4v) is 3.77. The summed E-state index contributed by atoms with van der Waals surface area (Å²) in [5, 5.41) is 0. The average Bonchev–Trinajstić information content (AvgIpc) is 2.91. The number of carbonyl (C=O) groups is 1. The lowest BCUT2D eigenvalue weighted by Crippen LogP contribution is -2.27. The Morgan fingerprint density at radius 1 is 1.11 bits per heavy atom. The Morgan fingerprint density at radius 3 is 2.56 bits per heavy atom. The number of nitrogens with zero attached hydrogens (tertiary/aromatic N) is 2. The molecule has 4 nitrogen and oxygen atoms in total. The summed E-state index contributed by atoms with van der Waals surface area (Å²) in [6, 6.07) is 12.9. The molecule has 2 aromatic heterocycles. The first-order valence-electron chi connectivity index (χ1n) is 8.92. The number of hydrogen-bond acceptors (Lipinski definition) is 2. The van der Waals surface area contributed by atoms with Gasteiger partial charge in [0.15, 0.2) is 5.78 Å². The van der Waals surface area contributed by atoms with Gasteiger partial charge >= 0.3 is 0 Å². The molecule has 0 radical (unpaired) electrons. The van der Waals surface area contributed by atoms with Gasteiger partial charge in [-0.3, -0.25) is 9.59 Å². The number of benzene rings is 1. The van der Waals surface area contributed by atoms with Gasteiger partial charge in [-0.15, -0.1) is 0 Å². The van der Waals surface area contributed by atoms with Crippen molar-refractivity contribution >= 4 is 21.7 Å². The van der Waals surface area contributed by atoms with Crippen molar-refractivity contribution in [2.24, 2.45) is 0 Å². The molecule has 2 heterocycles. The summed E-state index contributed by atoms with van der Waals surface area (Å²) in [6.07, 6.45) is 1.66. The highest BCUT2D eigenvalue weighted by Crippen LogP contribution is 2.22. The van der Waals surface area contributed by atoms with Crippen molar-refractivity contribution in [3.8, 4) is 0 Å². The first kappa shape index (κ1) is 19.4. The fraction of sp³-hybridized carbons (Fsp3) is 0.273. The zero-order valence-corrected chi connectivity index (χ0v) is 17.6. The molecule has 0 N–H and O–H groups in total. The number of pyridine rings is 1. The van der Waals surface area contributed by atoms with E-state index in [2.05, 4.69) is 45.6 Å². The topological polar surface area (TPSA) is 44.0 Å². The predicted molar refractivity (Wildman–Crippen MR) is 112 cm³/mol. The fourth-order valence-electron chi connectivity index (χ4n) is 3.42. The summed E-state index contributed by atoms with van der Waals surface area (Å²) < 4.78 is 4.39. The maximum Gasteiger partial charge on any atom is 0.251 e. The smallest absolute Gasteiger partial charge is 0.251 e. The molecule has 0 aliphatic rings. The minimum Gasteiger partial charge on any atom is -0.344 e. The number of carbonyl (C=O) groups excluding carboxylic acids is 1. The first-order valence-corrected chi connectivity index (χ1v) is 9.71. The van der Waals surface area contributed by atoms with E-state index in [-0.39, 0.29) is 11.3 Å². The number of Topliss-reactive ketones (excluding diaryl/α,β-unsaturated/α-hetero) is 1. The van der Waals surface area contributed by atoms with Gasteiger partial charge in [0.05, 0.1) is 6.04 Å². The van der Waals surface area contributed by atoms with Crippen LogP contribution in [0.2, 0.25) is 0 Å². The van der Waals surface area contributed by atoms with E-state index < -0.39 is 6.04 Å². The van der Waals surface area contributed by atoms with E-state index in [0.717, 1.165) is 22.4 Å². The number of ketones is 1. The Balaban J connectivity index is 1.94. The van der Waals surface area contributed by atoms with Crippen LogP contribution in [0.4, 0.5) is 0 Å². The van der Waals surface area contributed by atoms with Gasteiger partial charge < -0.3 is 9.13 Å². The van der Waals surface area contributed by atoms with E-state index in [9.17, 15) is 9.59 Å². The number of hydrogen-bond donors (Lipinski definition) is 0. The number of rotatable bonds is 5. The molecule has 0 spiro atoms. The van der Waals surface area contributed by atoms with Gasteiger partial charge in [-0.2, -0.15) is 0 Å². The number of aryl methyl sites for hydroxylation is 2. The van der Waals surface area contributed by atoms with E-state index in [0.29, 0.717) is 5.56 Å². The lowest BCUT2D eigenvalue weighted by atomic mass is 10.1. The molecule has 3 aromatic rings. The summed E-state index contributed by atoms with van der Waals surface area (Å²) in [6.45, 7) is 8.54. The standard InChI is InChI=1S/C22H23BrN2O2/c1-14-6-5-7-18(10-14)12-24-15(2)11-20(16(24)3)22(27)17(4)25-13-19(23)8-9-21(25)26/h5-11,13,17H,12H2,1-4H3. The van der Waals surface area contributed by atoms with Gasteiger partial charge in [0.25, 0.3) is 5.56 Å². The van der Waals surface area contributed by atoms with Crippen molar-refractivity contribution in [2.45, 2.75) is 40.3 Å². The SMILES string of the molecule is Cc1cccc(Cn2c(C)cc(C(=O)C(C)n3cc(Br)ccc3=O)c2C)c1. The van der Waals surface area contributed by atoms with E-state index >= 15 is 0 Å². The van der Waals surface area contributed by atoms with Gasteiger partial charge in [0.2, 0.25) is 0 Å². The van der Waals surface area contributed by atoms with Crippen molar-refractivity contribution in [1.82, 2.24) is 9.13 Å².